The zero-order valence-corrected chi connectivity index (χ0v) is 19.7. The molecule has 2 aromatic rings. The van der Waals surface area contributed by atoms with E-state index in [4.69, 9.17) is 20.2 Å². The van der Waals surface area contributed by atoms with Gasteiger partial charge >= 0.3 is 0 Å². The lowest BCUT2D eigenvalue weighted by molar-refractivity contribution is 0.198. The molecule has 2 aliphatic heterocycles. The van der Waals surface area contributed by atoms with E-state index in [2.05, 4.69) is 48.2 Å². The summed E-state index contributed by atoms with van der Waals surface area (Å²) < 4.78 is 12.6. The van der Waals surface area contributed by atoms with Crippen molar-refractivity contribution < 1.29 is 9.47 Å². The molecule has 0 radical (unpaired) electrons. The predicted molar refractivity (Wildman–Crippen MR) is 131 cm³/mol. The third-order valence-electron chi connectivity index (χ3n) is 8.21. The van der Waals surface area contributed by atoms with Gasteiger partial charge in [-0.25, -0.2) is 4.99 Å². The normalized spacial score (nSPS) is 22.9. The summed E-state index contributed by atoms with van der Waals surface area (Å²) in [4.78, 5) is 7.31. The molecule has 0 saturated heterocycles. The minimum atomic E-state index is -0.0769. The number of benzene rings is 2. The Hall–Kier alpha value is -2.53. The van der Waals surface area contributed by atoms with Crippen molar-refractivity contribution in [1.29, 1.82) is 0 Å². The fourth-order valence-electron chi connectivity index (χ4n) is 5.98. The van der Waals surface area contributed by atoms with Crippen LogP contribution in [-0.2, 0) is 12.0 Å². The lowest BCUT2D eigenvalue weighted by atomic mass is 9.79. The van der Waals surface area contributed by atoms with Crippen LogP contribution in [0.5, 0.6) is 11.5 Å². The Kier molecular flexibility index (Phi) is 5.33. The molecule has 6 rings (SSSR count). The summed E-state index contributed by atoms with van der Waals surface area (Å²) in [5.74, 6) is 3.17. The average Bonchev–Trinajstić information content (AvgIpc) is 3.32. The molecule has 174 valence electrons. The molecular formula is C28H35N3O2. The highest BCUT2D eigenvalue weighted by Crippen LogP contribution is 2.52. The largest absolute Gasteiger partial charge is 0.490 e. The fourth-order valence-corrected chi connectivity index (χ4v) is 5.98. The van der Waals surface area contributed by atoms with Gasteiger partial charge < -0.3 is 15.2 Å². The van der Waals surface area contributed by atoms with Gasteiger partial charge in [0.25, 0.3) is 0 Å². The summed E-state index contributed by atoms with van der Waals surface area (Å²) in [6.07, 6.45) is 8.14. The third kappa shape index (κ3) is 3.80. The molecule has 0 unspecified atom stereocenters. The van der Waals surface area contributed by atoms with E-state index < -0.39 is 0 Å². The van der Waals surface area contributed by atoms with Gasteiger partial charge in [-0.1, -0.05) is 37.1 Å². The van der Waals surface area contributed by atoms with Gasteiger partial charge in [0.2, 0.25) is 0 Å². The smallest absolute Gasteiger partial charge is 0.163 e. The van der Waals surface area contributed by atoms with Gasteiger partial charge in [-0.15, -0.1) is 0 Å². The van der Waals surface area contributed by atoms with Crippen molar-refractivity contribution in [3.05, 3.63) is 53.1 Å². The Bertz CT molecular complexity index is 1070. The molecule has 4 aliphatic rings. The molecule has 1 atom stereocenters. The molecule has 0 aromatic heterocycles. The summed E-state index contributed by atoms with van der Waals surface area (Å²) in [6.45, 7) is 5.80. The van der Waals surface area contributed by atoms with E-state index in [-0.39, 0.29) is 5.41 Å². The van der Waals surface area contributed by atoms with E-state index in [0.29, 0.717) is 18.6 Å². The molecule has 2 fully saturated rings. The van der Waals surface area contributed by atoms with Gasteiger partial charge in [0.15, 0.2) is 11.5 Å². The lowest BCUT2D eigenvalue weighted by Crippen LogP contribution is -2.35. The van der Waals surface area contributed by atoms with E-state index in [9.17, 15) is 0 Å². The summed E-state index contributed by atoms with van der Waals surface area (Å²) >= 11 is 0. The van der Waals surface area contributed by atoms with Gasteiger partial charge in [-0.3, -0.25) is 4.90 Å². The number of nitrogens with zero attached hydrogens (tertiary/aromatic N) is 2. The first kappa shape index (κ1) is 21.0. The minimum Gasteiger partial charge on any atom is -0.490 e. The molecule has 2 heterocycles. The van der Waals surface area contributed by atoms with Crippen LogP contribution in [0.4, 0.5) is 5.69 Å². The first-order valence-electron chi connectivity index (χ1n) is 12.7. The second kappa shape index (κ2) is 8.35. The van der Waals surface area contributed by atoms with Gasteiger partial charge in [0.05, 0.1) is 24.3 Å². The van der Waals surface area contributed by atoms with Crippen molar-refractivity contribution in [1.82, 2.24) is 4.90 Å². The van der Waals surface area contributed by atoms with Crippen molar-refractivity contribution in [2.24, 2.45) is 16.6 Å². The molecule has 33 heavy (non-hydrogen) atoms. The molecule has 5 heteroatoms. The standard InChI is InChI=1S/C28H35N3O2/c1-19-22-8-3-2-7-21(22)17-31(19)13-6-14-32-26-16-24-23(15-25(26)33-18-20-9-10-20)28(27(29)30-24)11-4-5-12-28/h2-3,7-8,15-16,19-20H,4-6,9-14,17-18H2,1H3,(H2,29,30)/t19-/m0/s1. The molecule has 0 amide bonds. The number of aliphatic imine (C=N–C) groups is 1. The van der Waals surface area contributed by atoms with E-state index in [0.717, 1.165) is 62.0 Å². The van der Waals surface area contributed by atoms with Crippen LogP contribution < -0.4 is 15.2 Å². The highest BCUT2D eigenvalue weighted by molar-refractivity contribution is 6.00. The number of rotatable bonds is 8. The number of hydrogen-bond donors (Lipinski definition) is 1. The molecule has 5 nitrogen and oxygen atoms in total. The van der Waals surface area contributed by atoms with Crippen LogP contribution in [-0.4, -0.2) is 30.5 Å². The molecule has 0 bridgehead atoms. The summed E-state index contributed by atoms with van der Waals surface area (Å²) in [6, 6.07) is 13.5. The summed E-state index contributed by atoms with van der Waals surface area (Å²) in [5.41, 5.74) is 11.5. The zero-order valence-electron chi connectivity index (χ0n) is 19.7. The predicted octanol–water partition coefficient (Wildman–Crippen LogP) is 5.64. The number of hydrogen-bond acceptors (Lipinski definition) is 5. The van der Waals surface area contributed by atoms with Crippen molar-refractivity contribution in [2.75, 3.05) is 19.8 Å². The third-order valence-corrected chi connectivity index (χ3v) is 8.21. The highest BCUT2D eigenvalue weighted by Gasteiger charge is 2.45. The first-order chi connectivity index (χ1) is 16.1. The van der Waals surface area contributed by atoms with Crippen LogP contribution in [0.25, 0.3) is 0 Å². The number of nitrogens with two attached hydrogens (primary N) is 1. The van der Waals surface area contributed by atoms with E-state index >= 15 is 0 Å². The van der Waals surface area contributed by atoms with Crippen LogP contribution in [0.1, 0.15) is 74.6 Å². The van der Waals surface area contributed by atoms with E-state index in [1.165, 1.54) is 42.4 Å². The zero-order chi connectivity index (χ0) is 22.4. The Labute approximate surface area is 197 Å². The van der Waals surface area contributed by atoms with Crippen LogP contribution >= 0.6 is 0 Å². The van der Waals surface area contributed by atoms with Crippen LogP contribution in [0.15, 0.2) is 41.4 Å². The van der Waals surface area contributed by atoms with Gasteiger partial charge in [0, 0.05) is 25.2 Å². The Morgan fingerprint density at radius 1 is 1.09 bits per heavy atom. The minimum absolute atomic E-state index is 0.0769. The molecule has 2 N–H and O–H groups in total. The van der Waals surface area contributed by atoms with Crippen LogP contribution in [0.3, 0.4) is 0 Å². The van der Waals surface area contributed by atoms with Gasteiger partial charge in [-0.05, 0) is 67.7 Å². The highest BCUT2D eigenvalue weighted by atomic mass is 16.5. The Morgan fingerprint density at radius 2 is 1.88 bits per heavy atom. The van der Waals surface area contributed by atoms with Crippen LogP contribution in [0.2, 0.25) is 0 Å². The molecule has 2 aliphatic carbocycles. The maximum Gasteiger partial charge on any atom is 0.163 e. The second-order valence-corrected chi connectivity index (χ2v) is 10.4. The summed E-state index contributed by atoms with van der Waals surface area (Å²) in [7, 11) is 0. The Morgan fingerprint density at radius 3 is 2.67 bits per heavy atom. The van der Waals surface area contributed by atoms with Gasteiger partial charge in [0.1, 0.15) is 5.84 Å². The lowest BCUT2D eigenvalue weighted by Gasteiger charge is -2.25. The van der Waals surface area contributed by atoms with Crippen LogP contribution in [0, 0.1) is 5.92 Å². The molecule has 2 aromatic carbocycles. The topological polar surface area (TPSA) is 60.1 Å². The maximum atomic E-state index is 6.46. The van der Waals surface area contributed by atoms with E-state index in [1.807, 2.05) is 0 Å². The average molecular weight is 446 g/mol. The van der Waals surface area contributed by atoms with Crippen molar-refractivity contribution in [3.63, 3.8) is 0 Å². The number of fused-ring (bicyclic) bond motifs is 3. The maximum absolute atomic E-state index is 6.46. The van der Waals surface area contributed by atoms with E-state index in [1.54, 1.807) is 0 Å². The molecule has 2 saturated carbocycles. The van der Waals surface area contributed by atoms with Crippen molar-refractivity contribution in [3.8, 4) is 11.5 Å². The Balaban J connectivity index is 1.14. The SMILES string of the molecule is C[C@H]1c2ccccc2CN1CCCOc1cc2c(cc1OCC1CC1)C1(CCCC1)C(N)=N2. The van der Waals surface area contributed by atoms with Gasteiger partial charge in [-0.2, -0.15) is 0 Å². The monoisotopic (exact) mass is 445 g/mol. The fraction of sp³-hybridized carbons (Fsp3) is 0.536. The van der Waals surface area contributed by atoms with Crippen molar-refractivity contribution in [2.45, 2.75) is 69.9 Å². The molecular weight excluding hydrogens is 410 g/mol. The number of ether oxygens (including phenoxy) is 2. The first-order valence-corrected chi connectivity index (χ1v) is 12.7. The van der Waals surface area contributed by atoms with Crippen molar-refractivity contribution >= 4 is 11.5 Å². The second-order valence-electron chi connectivity index (χ2n) is 10.4. The molecule has 1 spiro atoms. The quantitative estimate of drug-likeness (QED) is 0.535. The number of amidine groups is 1. The summed E-state index contributed by atoms with van der Waals surface area (Å²) in [5, 5.41) is 0.